The molecule has 0 aromatic carbocycles. The highest BCUT2D eigenvalue weighted by atomic mass is 32.2. The van der Waals surface area contributed by atoms with Gasteiger partial charge < -0.3 is 5.32 Å². The Hall–Kier alpha value is -1.14. The number of nitrogens with one attached hydrogen (secondary N) is 1. The molecule has 0 aliphatic heterocycles. The van der Waals surface area contributed by atoms with Gasteiger partial charge in [-0.1, -0.05) is 0 Å². The Labute approximate surface area is 109 Å². The smallest absolute Gasteiger partial charge is 0.156 e. The van der Waals surface area contributed by atoms with Gasteiger partial charge in [0, 0.05) is 23.7 Å². The minimum atomic E-state index is 0.777. The molecule has 0 spiro atoms. The van der Waals surface area contributed by atoms with Crippen LogP contribution in [0.25, 0.3) is 0 Å². The lowest BCUT2D eigenvalue weighted by Crippen LogP contribution is -2.02. The first-order valence-electron chi connectivity index (χ1n) is 5.37. The molecule has 0 radical (unpaired) electrons. The van der Waals surface area contributed by atoms with Gasteiger partial charge in [-0.2, -0.15) is 0 Å². The molecule has 0 unspecified atom stereocenters. The first kappa shape index (κ1) is 12.3. The number of aromatic nitrogens is 3. The second-order valence-corrected chi connectivity index (χ2v) is 5.65. The van der Waals surface area contributed by atoms with Crippen LogP contribution in [0.1, 0.15) is 18.4 Å². The van der Waals surface area contributed by atoms with Crippen molar-refractivity contribution < 1.29 is 0 Å². The molecule has 17 heavy (non-hydrogen) atoms. The van der Waals surface area contributed by atoms with E-state index in [1.807, 2.05) is 25.3 Å². The van der Waals surface area contributed by atoms with Crippen LogP contribution < -0.4 is 5.32 Å². The van der Waals surface area contributed by atoms with E-state index in [1.54, 1.807) is 23.1 Å². The van der Waals surface area contributed by atoms with Crippen molar-refractivity contribution in [1.29, 1.82) is 0 Å². The van der Waals surface area contributed by atoms with E-state index in [9.17, 15) is 0 Å². The topological polar surface area (TPSA) is 50.7 Å². The fourth-order valence-electron chi connectivity index (χ4n) is 1.33. The third-order valence-electron chi connectivity index (χ3n) is 1.96. The molecule has 90 valence electrons. The molecule has 0 fully saturated rings. The van der Waals surface area contributed by atoms with Crippen molar-refractivity contribution in [2.45, 2.75) is 30.1 Å². The van der Waals surface area contributed by atoms with E-state index in [4.69, 9.17) is 0 Å². The Morgan fingerprint density at radius 2 is 2.12 bits per heavy atom. The highest BCUT2D eigenvalue weighted by molar-refractivity contribution is 8.01. The van der Waals surface area contributed by atoms with E-state index in [1.165, 1.54) is 0 Å². The monoisotopic (exact) mass is 266 g/mol. The first-order chi connectivity index (χ1) is 8.17. The number of anilines is 1. The van der Waals surface area contributed by atoms with Crippen LogP contribution in [-0.4, -0.2) is 21.5 Å². The molecule has 2 aromatic heterocycles. The van der Waals surface area contributed by atoms with Crippen LogP contribution in [-0.2, 0) is 0 Å². The number of hydrogen-bond donors (Lipinski definition) is 1. The number of hydrogen-bond acceptors (Lipinski definition) is 6. The van der Waals surface area contributed by atoms with E-state index in [0.29, 0.717) is 0 Å². The molecule has 2 rings (SSSR count). The number of nitrogens with zero attached hydrogens (tertiary/aromatic N) is 3. The van der Waals surface area contributed by atoms with E-state index < -0.39 is 0 Å². The van der Waals surface area contributed by atoms with Crippen molar-refractivity contribution in [1.82, 2.24) is 15.0 Å². The quantitative estimate of drug-likeness (QED) is 0.862. The van der Waals surface area contributed by atoms with Gasteiger partial charge in [0.15, 0.2) is 4.34 Å². The molecule has 2 heterocycles. The van der Waals surface area contributed by atoms with Crippen molar-refractivity contribution in [2.75, 3.05) is 11.9 Å². The van der Waals surface area contributed by atoms with Gasteiger partial charge in [-0.3, -0.25) is 0 Å². The molecule has 0 saturated carbocycles. The molecule has 0 aliphatic rings. The number of rotatable bonds is 4. The van der Waals surface area contributed by atoms with E-state index in [2.05, 4.69) is 27.2 Å². The van der Waals surface area contributed by atoms with Gasteiger partial charge in [0.1, 0.15) is 16.7 Å². The summed E-state index contributed by atoms with van der Waals surface area (Å²) in [5.74, 6) is 1.65. The van der Waals surface area contributed by atoms with E-state index in [0.717, 1.165) is 33.2 Å². The fraction of sp³-hybridized carbons (Fsp3) is 0.364. The molecule has 0 amide bonds. The second kappa shape index (κ2) is 5.46. The van der Waals surface area contributed by atoms with Crippen molar-refractivity contribution >= 4 is 28.9 Å². The molecule has 1 N–H and O–H groups in total. The normalized spacial score (nSPS) is 10.5. The third kappa shape index (κ3) is 3.41. The lowest BCUT2D eigenvalue weighted by Gasteiger charge is -2.05. The maximum absolute atomic E-state index is 4.41. The second-order valence-electron chi connectivity index (χ2n) is 3.53. The minimum Gasteiger partial charge on any atom is -0.370 e. The van der Waals surface area contributed by atoms with E-state index in [-0.39, 0.29) is 0 Å². The Kier molecular flexibility index (Phi) is 3.96. The van der Waals surface area contributed by atoms with Gasteiger partial charge in [0.25, 0.3) is 0 Å². The van der Waals surface area contributed by atoms with Crippen LogP contribution in [0.5, 0.6) is 0 Å². The van der Waals surface area contributed by atoms with Gasteiger partial charge in [0.05, 0.1) is 0 Å². The summed E-state index contributed by atoms with van der Waals surface area (Å²) < 4.78 is 1.02. The standard InChI is InChI=1S/C11H14N4S2/c1-4-12-9-5-10(15-8(3)14-9)17-11-13-7(2)6-16-11/h5-6H,4H2,1-3H3,(H,12,14,15). The molecule has 2 aromatic rings. The summed E-state index contributed by atoms with van der Waals surface area (Å²) >= 11 is 3.22. The van der Waals surface area contributed by atoms with Crippen LogP contribution in [0.15, 0.2) is 20.8 Å². The summed E-state index contributed by atoms with van der Waals surface area (Å²) in [5, 5.41) is 6.17. The average molecular weight is 266 g/mol. The van der Waals surface area contributed by atoms with E-state index >= 15 is 0 Å². The number of aryl methyl sites for hydroxylation is 2. The fourth-order valence-corrected chi connectivity index (χ4v) is 3.16. The van der Waals surface area contributed by atoms with Gasteiger partial charge in [-0.05, 0) is 32.5 Å². The molecule has 6 heteroatoms. The molecular weight excluding hydrogens is 252 g/mol. The van der Waals surface area contributed by atoms with Crippen molar-refractivity contribution in [3.05, 3.63) is 23.0 Å². The summed E-state index contributed by atoms with van der Waals surface area (Å²) in [4.78, 5) is 13.1. The van der Waals surface area contributed by atoms with Crippen LogP contribution >= 0.6 is 23.1 Å². The average Bonchev–Trinajstić information content (AvgIpc) is 2.63. The summed E-state index contributed by atoms with van der Waals surface area (Å²) in [7, 11) is 0. The lowest BCUT2D eigenvalue weighted by atomic mass is 10.5. The van der Waals surface area contributed by atoms with Crippen molar-refractivity contribution in [3.63, 3.8) is 0 Å². The minimum absolute atomic E-state index is 0.777. The molecule has 0 saturated heterocycles. The molecule has 0 aliphatic carbocycles. The maximum Gasteiger partial charge on any atom is 0.156 e. The summed E-state index contributed by atoms with van der Waals surface area (Å²) in [6.45, 7) is 6.80. The Morgan fingerprint density at radius 1 is 1.29 bits per heavy atom. The van der Waals surface area contributed by atoms with Crippen LogP contribution in [0.4, 0.5) is 5.82 Å². The van der Waals surface area contributed by atoms with Crippen LogP contribution in [0.3, 0.4) is 0 Å². The Bertz CT molecular complexity index is 510. The Balaban J connectivity index is 2.20. The number of thiazole rings is 1. The zero-order valence-corrected chi connectivity index (χ0v) is 11.7. The van der Waals surface area contributed by atoms with Crippen LogP contribution in [0.2, 0.25) is 0 Å². The van der Waals surface area contributed by atoms with Gasteiger partial charge in [-0.25, -0.2) is 15.0 Å². The Morgan fingerprint density at radius 3 is 2.76 bits per heavy atom. The zero-order chi connectivity index (χ0) is 12.3. The lowest BCUT2D eigenvalue weighted by molar-refractivity contribution is 0.959. The SMILES string of the molecule is CCNc1cc(Sc2nc(C)cs2)nc(C)n1. The van der Waals surface area contributed by atoms with Gasteiger partial charge >= 0.3 is 0 Å². The highest BCUT2D eigenvalue weighted by Gasteiger charge is 2.06. The van der Waals surface area contributed by atoms with Crippen molar-refractivity contribution in [3.8, 4) is 0 Å². The maximum atomic E-state index is 4.41. The van der Waals surface area contributed by atoms with Crippen molar-refractivity contribution in [2.24, 2.45) is 0 Å². The largest absolute Gasteiger partial charge is 0.370 e. The summed E-state index contributed by atoms with van der Waals surface area (Å²) in [5.41, 5.74) is 1.05. The molecule has 0 atom stereocenters. The first-order valence-corrected chi connectivity index (χ1v) is 7.06. The summed E-state index contributed by atoms with van der Waals surface area (Å²) in [6.07, 6.45) is 0. The summed E-state index contributed by atoms with van der Waals surface area (Å²) in [6, 6.07) is 1.96. The predicted octanol–water partition coefficient (Wildman–Crippen LogP) is 3.13. The zero-order valence-electron chi connectivity index (χ0n) is 10.0. The highest BCUT2D eigenvalue weighted by Crippen LogP contribution is 2.29. The van der Waals surface area contributed by atoms with Gasteiger partial charge in [0.2, 0.25) is 0 Å². The van der Waals surface area contributed by atoms with Gasteiger partial charge in [-0.15, -0.1) is 11.3 Å². The third-order valence-corrected chi connectivity index (χ3v) is 3.94. The molecule has 0 bridgehead atoms. The van der Waals surface area contributed by atoms with Crippen LogP contribution in [0, 0.1) is 13.8 Å². The molecule has 4 nitrogen and oxygen atoms in total. The predicted molar refractivity (Wildman–Crippen MR) is 71.9 cm³/mol. The molecular formula is C11H14N4S2.